The molecule has 2 atom stereocenters. The lowest BCUT2D eigenvalue weighted by atomic mass is 10.0. The molecule has 2 fully saturated rings. The fourth-order valence-corrected chi connectivity index (χ4v) is 5.91. The van der Waals surface area contributed by atoms with E-state index in [0.717, 1.165) is 41.9 Å². The summed E-state index contributed by atoms with van der Waals surface area (Å²) in [6, 6.07) is 12.7. The van der Waals surface area contributed by atoms with Gasteiger partial charge in [-0.05, 0) is 78.6 Å². The summed E-state index contributed by atoms with van der Waals surface area (Å²) in [5.41, 5.74) is 2.19. The molecule has 0 bridgehead atoms. The lowest BCUT2D eigenvalue weighted by Gasteiger charge is -2.11. The maximum absolute atomic E-state index is 14.2. The van der Waals surface area contributed by atoms with Gasteiger partial charge in [-0.15, -0.1) is 0 Å². The quantitative estimate of drug-likeness (QED) is 0.222. The van der Waals surface area contributed by atoms with E-state index in [1.165, 1.54) is 0 Å². The highest BCUT2D eigenvalue weighted by molar-refractivity contribution is 6.39. The van der Waals surface area contributed by atoms with Gasteiger partial charge in [0.1, 0.15) is 41.0 Å². The Labute approximate surface area is 237 Å². The van der Waals surface area contributed by atoms with Gasteiger partial charge >= 0.3 is 5.97 Å². The summed E-state index contributed by atoms with van der Waals surface area (Å²) in [6.07, 6.45) is 2.65. The minimum atomic E-state index is -1.64. The number of hydrogen-bond donors (Lipinski definition) is 1. The van der Waals surface area contributed by atoms with Crippen LogP contribution in [0.1, 0.15) is 69.8 Å². The molecular formula is C29H20Cl3F2NO4. The zero-order valence-corrected chi connectivity index (χ0v) is 22.5. The van der Waals surface area contributed by atoms with Crippen molar-refractivity contribution in [2.75, 3.05) is 0 Å². The van der Waals surface area contributed by atoms with Gasteiger partial charge in [0.2, 0.25) is 0 Å². The number of nitrogens with zero attached hydrogens (tertiary/aromatic N) is 1. The van der Waals surface area contributed by atoms with Crippen LogP contribution in [0.4, 0.5) is 8.78 Å². The predicted molar refractivity (Wildman–Crippen MR) is 143 cm³/mol. The standard InChI is InChI=1S/C29H20Cl3F2NO4/c30-20-2-1-3-21(31)25(20)27-19(28(39-35-27)13-4-5-13)12-38-15-6-7-16(22(32)10-15)18-11-17(18)14-8-23(33)26(29(36)37)24(34)9-14/h1-3,6-10,13,17-18H,4-5,11-12H2,(H,36,37). The number of hydrogen-bond acceptors (Lipinski definition) is 4. The summed E-state index contributed by atoms with van der Waals surface area (Å²) >= 11 is 19.5. The Balaban J connectivity index is 1.21. The normalized spacial score (nSPS) is 18.3. The minimum absolute atomic E-state index is 0.0467. The van der Waals surface area contributed by atoms with E-state index < -0.39 is 23.2 Å². The van der Waals surface area contributed by atoms with Crippen LogP contribution in [0.5, 0.6) is 5.75 Å². The molecular weight excluding hydrogens is 571 g/mol. The zero-order chi connectivity index (χ0) is 27.4. The Morgan fingerprint density at radius 2 is 1.69 bits per heavy atom. The van der Waals surface area contributed by atoms with E-state index in [0.29, 0.717) is 44.1 Å². The first-order chi connectivity index (χ1) is 18.7. The lowest BCUT2D eigenvalue weighted by Crippen LogP contribution is -2.05. The van der Waals surface area contributed by atoms with E-state index in [-0.39, 0.29) is 24.4 Å². The summed E-state index contributed by atoms with van der Waals surface area (Å²) in [6.45, 7) is 0.169. The molecule has 200 valence electrons. The number of aromatic carboxylic acids is 1. The summed E-state index contributed by atoms with van der Waals surface area (Å²) in [7, 11) is 0. The second-order valence-corrected chi connectivity index (χ2v) is 11.1. The Bertz CT molecular complexity index is 1580. The van der Waals surface area contributed by atoms with Crippen molar-refractivity contribution < 1.29 is 27.9 Å². The maximum atomic E-state index is 14.2. The second-order valence-electron chi connectivity index (χ2n) is 9.83. The number of ether oxygens (including phenoxy) is 1. The lowest BCUT2D eigenvalue weighted by molar-refractivity contribution is 0.0686. The second kappa shape index (κ2) is 10.1. The summed E-state index contributed by atoms with van der Waals surface area (Å²) < 4.78 is 40.2. The smallest absolute Gasteiger partial charge is 0.341 e. The van der Waals surface area contributed by atoms with Crippen LogP contribution in [0.25, 0.3) is 11.3 Å². The van der Waals surface area contributed by atoms with Gasteiger partial charge in [-0.1, -0.05) is 52.1 Å². The van der Waals surface area contributed by atoms with Crippen molar-refractivity contribution in [1.29, 1.82) is 0 Å². The third-order valence-electron chi connectivity index (χ3n) is 7.22. The molecule has 39 heavy (non-hydrogen) atoms. The average Bonchev–Trinajstić information content (AvgIpc) is 3.80. The van der Waals surface area contributed by atoms with E-state index in [9.17, 15) is 13.6 Å². The van der Waals surface area contributed by atoms with Crippen LogP contribution in [-0.2, 0) is 6.61 Å². The molecule has 1 heterocycles. The van der Waals surface area contributed by atoms with E-state index in [2.05, 4.69) is 5.16 Å². The van der Waals surface area contributed by atoms with Gasteiger partial charge in [-0.25, -0.2) is 13.6 Å². The highest BCUT2D eigenvalue weighted by Crippen LogP contribution is 2.56. The fourth-order valence-electron chi connectivity index (χ4n) is 5.02. The van der Waals surface area contributed by atoms with E-state index >= 15 is 0 Å². The highest BCUT2D eigenvalue weighted by atomic mass is 35.5. The number of rotatable bonds is 8. The molecule has 10 heteroatoms. The van der Waals surface area contributed by atoms with Crippen LogP contribution in [0.2, 0.25) is 15.1 Å². The van der Waals surface area contributed by atoms with Crippen LogP contribution in [0, 0.1) is 11.6 Å². The third kappa shape index (κ3) is 4.99. The molecule has 5 nitrogen and oxygen atoms in total. The van der Waals surface area contributed by atoms with Crippen LogP contribution >= 0.6 is 34.8 Å². The maximum Gasteiger partial charge on any atom is 0.341 e. The largest absolute Gasteiger partial charge is 0.489 e. The molecule has 1 N–H and O–H groups in total. The predicted octanol–water partition coefficient (Wildman–Crippen LogP) is 9.01. The number of carboxylic acids is 1. The van der Waals surface area contributed by atoms with Crippen molar-refractivity contribution in [3.8, 4) is 17.0 Å². The van der Waals surface area contributed by atoms with Gasteiger partial charge in [0.25, 0.3) is 0 Å². The molecule has 2 aliphatic carbocycles. The van der Waals surface area contributed by atoms with Crippen molar-refractivity contribution in [3.63, 3.8) is 0 Å². The first-order valence-electron chi connectivity index (χ1n) is 12.3. The number of aromatic nitrogens is 1. The monoisotopic (exact) mass is 589 g/mol. The molecule has 6 rings (SSSR count). The Morgan fingerprint density at radius 3 is 2.31 bits per heavy atom. The average molecular weight is 591 g/mol. The van der Waals surface area contributed by atoms with Gasteiger partial charge in [-0.3, -0.25) is 0 Å². The molecule has 0 spiro atoms. The fraction of sp³-hybridized carbons (Fsp3) is 0.241. The summed E-state index contributed by atoms with van der Waals surface area (Å²) in [4.78, 5) is 11.1. The van der Waals surface area contributed by atoms with E-state index in [1.54, 1.807) is 30.3 Å². The van der Waals surface area contributed by atoms with Crippen LogP contribution < -0.4 is 4.74 Å². The van der Waals surface area contributed by atoms with Crippen molar-refractivity contribution in [2.24, 2.45) is 0 Å². The molecule has 4 aromatic rings. The molecule has 3 aromatic carbocycles. The number of carboxylic acid groups (broad SMARTS) is 1. The number of carbonyl (C=O) groups is 1. The third-order valence-corrected chi connectivity index (χ3v) is 8.17. The molecule has 1 aromatic heterocycles. The van der Waals surface area contributed by atoms with Crippen LogP contribution in [0.3, 0.4) is 0 Å². The minimum Gasteiger partial charge on any atom is -0.489 e. The SMILES string of the molecule is O=C(O)c1c(F)cc(C2CC2c2ccc(OCc3c(-c4c(Cl)cccc4Cl)noc3C3CC3)cc2Cl)cc1F. The Kier molecular flexibility index (Phi) is 6.78. The number of halogens is 5. The van der Waals surface area contributed by atoms with Crippen molar-refractivity contribution in [1.82, 2.24) is 5.16 Å². The van der Waals surface area contributed by atoms with Gasteiger partial charge in [-0.2, -0.15) is 0 Å². The van der Waals surface area contributed by atoms with Gasteiger partial charge in [0.05, 0.1) is 15.6 Å². The molecule has 0 saturated heterocycles. The first kappa shape index (κ1) is 26.1. The van der Waals surface area contributed by atoms with E-state index in [4.69, 9.17) is 49.2 Å². The first-order valence-corrected chi connectivity index (χ1v) is 13.4. The van der Waals surface area contributed by atoms with Gasteiger partial charge in [0, 0.05) is 16.5 Å². The molecule has 0 radical (unpaired) electrons. The van der Waals surface area contributed by atoms with Gasteiger partial charge in [0.15, 0.2) is 0 Å². The highest BCUT2D eigenvalue weighted by Gasteiger charge is 2.41. The Hall–Kier alpha value is -3.13. The topological polar surface area (TPSA) is 72.6 Å². The van der Waals surface area contributed by atoms with Crippen molar-refractivity contribution in [2.45, 2.75) is 43.6 Å². The molecule has 0 amide bonds. The van der Waals surface area contributed by atoms with Crippen molar-refractivity contribution in [3.05, 3.63) is 103 Å². The van der Waals surface area contributed by atoms with Crippen LogP contribution in [0.15, 0.2) is 53.1 Å². The van der Waals surface area contributed by atoms with Crippen molar-refractivity contribution >= 4 is 40.8 Å². The molecule has 2 saturated carbocycles. The summed E-state index contributed by atoms with van der Waals surface area (Å²) in [5.74, 6) is -2.45. The molecule has 2 unspecified atom stereocenters. The zero-order valence-electron chi connectivity index (χ0n) is 20.2. The molecule has 0 aliphatic heterocycles. The summed E-state index contributed by atoms with van der Waals surface area (Å²) in [5, 5.41) is 14.7. The number of benzene rings is 3. The van der Waals surface area contributed by atoms with Crippen LogP contribution in [-0.4, -0.2) is 16.2 Å². The van der Waals surface area contributed by atoms with Gasteiger partial charge < -0.3 is 14.4 Å². The Morgan fingerprint density at radius 1 is 1.00 bits per heavy atom. The molecule has 2 aliphatic rings. The van der Waals surface area contributed by atoms with E-state index in [1.807, 2.05) is 6.07 Å².